The van der Waals surface area contributed by atoms with Crippen LogP contribution in [0.3, 0.4) is 0 Å². The number of hydrogen-bond donors (Lipinski definition) is 1. The van der Waals surface area contributed by atoms with Crippen molar-refractivity contribution in [2.75, 3.05) is 31.7 Å². The molecule has 1 N–H and O–H groups in total. The van der Waals surface area contributed by atoms with Crippen molar-refractivity contribution in [2.45, 2.75) is 39.3 Å². The van der Waals surface area contributed by atoms with Crippen LogP contribution in [0, 0.1) is 5.92 Å². The second kappa shape index (κ2) is 8.02. The van der Waals surface area contributed by atoms with Gasteiger partial charge in [0, 0.05) is 32.8 Å². The van der Waals surface area contributed by atoms with Gasteiger partial charge >= 0.3 is 0 Å². The first-order chi connectivity index (χ1) is 10.1. The number of para-hydroxylation sites is 1. The Balaban J connectivity index is 2.08. The lowest BCUT2D eigenvalue weighted by Crippen LogP contribution is -2.32. The van der Waals surface area contributed by atoms with Crippen molar-refractivity contribution in [2.24, 2.45) is 5.92 Å². The van der Waals surface area contributed by atoms with Crippen molar-refractivity contribution in [3.8, 4) is 0 Å². The van der Waals surface area contributed by atoms with E-state index in [1.807, 2.05) is 12.1 Å². The molecule has 1 aliphatic rings. The van der Waals surface area contributed by atoms with Crippen LogP contribution < -0.4 is 10.2 Å². The van der Waals surface area contributed by atoms with E-state index in [1.54, 1.807) is 0 Å². The predicted molar refractivity (Wildman–Crippen MR) is 90.2 cm³/mol. The van der Waals surface area contributed by atoms with E-state index in [9.17, 15) is 0 Å². The zero-order valence-corrected chi connectivity index (χ0v) is 14.1. The van der Waals surface area contributed by atoms with Gasteiger partial charge in [0.25, 0.3) is 0 Å². The summed E-state index contributed by atoms with van der Waals surface area (Å²) in [6.45, 7) is 7.95. The normalized spacial score (nSPS) is 19.0. The number of halogens is 1. The van der Waals surface area contributed by atoms with Crippen LogP contribution in [0.2, 0.25) is 5.02 Å². The second-order valence-electron chi connectivity index (χ2n) is 6.25. The molecule has 1 aromatic carbocycles. The number of benzene rings is 1. The second-order valence-corrected chi connectivity index (χ2v) is 6.65. The van der Waals surface area contributed by atoms with Crippen LogP contribution in [0.5, 0.6) is 0 Å². The molecule has 0 spiro atoms. The molecule has 3 nitrogen and oxygen atoms in total. The third-order valence-electron chi connectivity index (χ3n) is 3.94. The number of ether oxygens (including phenoxy) is 1. The zero-order chi connectivity index (χ0) is 15.2. The zero-order valence-electron chi connectivity index (χ0n) is 13.4. The molecular formula is C17H27ClN2O. The fourth-order valence-corrected chi connectivity index (χ4v) is 3.21. The molecule has 2 rings (SSSR count). The minimum Gasteiger partial charge on any atom is -0.381 e. The topological polar surface area (TPSA) is 24.5 Å². The van der Waals surface area contributed by atoms with Gasteiger partial charge in [-0.1, -0.05) is 37.6 Å². The van der Waals surface area contributed by atoms with Crippen LogP contribution in [-0.2, 0) is 11.3 Å². The van der Waals surface area contributed by atoms with E-state index in [1.165, 1.54) is 18.4 Å². The molecule has 118 valence electrons. The summed E-state index contributed by atoms with van der Waals surface area (Å²) in [5.74, 6) is 0.603. The first kappa shape index (κ1) is 16.6. The maximum absolute atomic E-state index is 6.46. The monoisotopic (exact) mass is 310 g/mol. The fourth-order valence-electron chi connectivity index (χ4n) is 2.87. The van der Waals surface area contributed by atoms with Crippen molar-refractivity contribution in [1.29, 1.82) is 0 Å². The third kappa shape index (κ3) is 4.87. The van der Waals surface area contributed by atoms with Crippen molar-refractivity contribution >= 4 is 17.3 Å². The Labute approximate surface area is 133 Å². The first-order valence-corrected chi connectivity index (χ1v) is 8.25. The molecule has 0 amide bonds. The molecule has 0 bridgehead atoms. The molecule has 1 aliphatic heterocycles. The highest BCUT2D eigenvalue weighted by molar-refractivity contribution is 6.33. The number of rotatable bonds is 6. The van der Waals surface area contributed by atoms with Crippen LogP contribution in [0.4, 0.5) is 5.69 Å². The summed E-state index contributed by atoms with van der Waals surface area (Å²) in [4.78, 5) is 2.29. The van der Waals surface area contributed by atoms with Gasteiger partial charge in [-0.15, -0.1) is 0 Å². The van der Waals surface area contributed by atoms with E-state index in [-0.39, 0.29) is 0 Å². The highest BCUT2D eigenvalue weighted by Gasteiger charge is 2.19. The Bertz CT molecular complexity index is 444. The predicted octanol–water partition coefficient (Wildman–Crippen LogP) is 3.70. The van der Waals surface area contributed by atoms with E-state index in [0.29, 0.717) is 12.0 Å². The molecule has 1 heterocycles. The number of hydrogen-bond acceptors (Lipinski definition) is 3. The molecule has 1 fully saturated rings. The van der Waals surface area contributed by atoms with Gasteiger partial charge < -0.3 is 15.0 Å². The van der Waals surface area contributed by atoms with E-state index in [0.717, 1.165) is 37.0 Å². The van der Waals surface area contributed by atoms with E-state index < -0.39 is 0 Å². The maximum atomic E-state index is 6.46. The largest absolute Gasteiger partial charge is 0.381 e. The Morgan fingerprint density at radius 1 is 1.43 bits per heavy atom. The van der Waals surface area contributed by atoms with Gasteiger partial charge in [0.2, 0.25) is 0 Å². The summed E-state index contributed by atoms with van der Waals surface area (Å²) in [6, 6.07) is 6.63. The van der Waals surface area contributed by atoms with Crippen molar-refractivity contribution in [1.82, 2.24) is 5.32 Å². The lowest BCUT2D eigenvalue weighted by Gasteiger charge is -2.30. The molecule has 1 atom stereocenters. The molecule has 1 aromatic rings. The summed E-state index contributed by atoms with van der Waals surface area (Å²) in [7, 11) is 2.13. The lowest BCUT2D eigenvalue weighted by atomic mass is 10.0. The molecule has 0 aromatic heterocycles. The highest BCUT2D eigenvalue weighted by Crippen LogP contribution is 2.30. The Morgan fingerprint density at radius 2 is 2.24 bits per heavy atom. The molecule has 0 radical (unpaired) electrons. The van der Waals surface area contributed by atoms with E-state index in [2.05, 4.69) is 37.2 Å². The van der Waals surface area contributed by atoms with Crippen LogP contribution in [-0.4, -0.2) is 32.8 Å². The van der Waals surface area contributed by atoms with Crippen molar-refractivity contribution in [3.63, 3.8) is 0 Å². The molecular weight excluding hydrogens is 284 g/mol. The van der Waals surface area contributed by atoms with Crippen molar-refractivity contribution < 1.29 is 4.74 Å². The van der Waals surface area contributed by atoms with Crippen LogP contribution >= 0.6 is 11.6 Å². The molecule has 0 saturated carbocycles. The molecule has 1 saturated heterocycles. The minimum atomic E-state index is 0.467. The van der Waals surface area contributed by atoms with Crippen LogP contribution in [0.1, 0.15) is 32.3 Å². The smallest absolute Gasteiger partial charge is 0.0642 e. The summed E-state index contributed by atoms with van der Waals surface area (Å²) in [6.07, 6.45) is 2.41. The van der Waals surface area contributed by atoms with Gasteiger partial charge in [0.15, 0.2) is 0 Å². The lowest BCUT2D eigenvalue weighted by molar-refractivity contribution is 0.0576. The average molecular weight is 311 g/mol. The summed E-state index contributed by atoms with van der Waals surface area (Å²) in [5, 5.41) is 4.31. The van der Waals surface area contributed by atoms with Crippen molar-refractivity contribution in [3.05, 3.63) is 28.8 Å². The number of nitrogens with zero attached hydrogens (tertiary/aromatic N) is 1. The number of nitrogens with one attached hydrogen (secondary N) is 1. The molecule has 0 aliphatic carbocycles. The van der Waals surface area contributed by atoms with Crippen LogP contribution in [0.25, 0.3) is 0 Å². The molecule has 4 heteroatoms. The SMILES string of the molecule is CC(C)NCc1cccc(Cl)c1N(C)CC1CCCOC1. The van der Waals surface area contributed by atoms with Gasteiger partial charge in [-0.25, -0.2) is 0 Å². The standard InChI is InChI=1S/C17H27ClN2O/c1-13(2)19-10-15-7-4-8-16(18)17(15)20(3)11-14-6-5-9-21-12-14/h4,7-8,13-14,19H,5-6,9-12H2,1-3H3. The highest BCUT2D eigenvalue weighted by atomic mass is 35.5. The summed E-state index contributed by atoms with van der Waals surface area (Å²) >= 11 is 6.46. The van der Waals surface area contributed by atoms with Gasteiger partial charge in [-0.3, -0.25) is 0 Å². The Hall–Kier alpha value is -0.770. The number of anilines is 1. The quantitative estimate of drug-likeness (QED) is 0.867. The first-order valence-electron chi connectivity index (χ1n) is 7.87. The van der Waals surface area contributed by atoms with E-state index in [4.69, 9.17) is 16.3 Å². The maximum Gasteiger partial charge on any atom is 0.0642 e. The van der Waals surface area contributed by atoms with Gasteiger partial charge in [-0.2, -0.15) is 0 Å². The molecule has 21 heavy (non-hydrogen) atoms. The van der Waals surface area contributed by atoms with Gasteiger partial charge in [-0.05, 0) is 30.4 Å². The Morgan fingerprint density at radius 3 is 2.90 bits per heavy atom. The summed E-state index contributed by atoms with van der Waals surface area (Å²) in [5.41, 5.74) is 2.41. The van der Waals surface area contributed by atoms with Gasteiger partial charge in [0.1, 0.15) is 0 Å². The molecule has 1 unspecified atom stereocenters. The fraction of sp³-hybridized carbons (Fsp3) is 0.647. The van der Waals surface area contributed by atoms with E-state index >= 15 is 0 Å². The third-order valence-corrected chi connectivity index (χ3v) is 4.24. The summed E-state index contributed by atoms with van der Waals surface area (Å²) < 4.78 is 5.59. The minimum absolute atomic E-state index is 0.467. The van der Waals surface area contributed by atoms with Gasteiger partial charge in [0.05, 0.1) is 17.3 Å². The Kier molecular flexibility index (Phi) is 6.34. The average Bonchev–Trinajstić information content (AvgIpc) is 2.46. The van der Waals surface area contributed by atoms with Crippen LogP contribution in [0.15, 0.2) is 18.2 Å².